The van der Waals surface area contributed by atoms with Gasteiger partial charge in [-0.25, -0.2) is 17.5 Å². The lowest BCUT2D eigenvalue weighted by Crippen LogP contribution is -2.48. The molecule has 1 aliphatic heterocycles. The Morgan fingerprint density at radius 2 is 2.18 bits per heavy atom. The second kappa shape index (κ2) is 6.14. The molecule has 2 N–H and O–H groups in total. The molecule has 0 saturated carbocycles. The molecule has 0 spiro atoms. The van der Waals surface area contributed by atoms with Gasteiger partial charge >= 0.3 is 6.03 Å². The van der Waals surface area contributed by atoms with Crippen LogP contribution in [0, 0.1) is 0 Å². The number of hydrogen-bond donors (Lipinski definition) is 1. The van der Waals surface area contributed by atoms with E-state index in [0.717, 1.165) is 15.5 Å². The van der Waals surface area contributed by atoms with E-state index in [0.29, 0.717) is 5.69 Å². The van der Waals surface area contributed by atoms with Crippen molar-refractivity contribution in [3.8, 4) is 0 Å². The van der Waals surface area contributed by atoms with Crippen molar-refractivity contribution < 1.29 is 18.0 Å². The first kappa shape index (κ1) is 16.0. The van der Waals surface area contributed by atoms with E-state index in [4.69, 9.17) is 5.73 Å². The summed E-state index contributed by atoms with van der Waals surface area (Å²) in [6.07, 6.45) is 5.44. The Morgan fingerprint density at radius 3 is 2.73 bits per heavy atom. The zero-order chi connectivity index (χ0) is 16.3. The van der Waals surface area contributed by atoms with E-state index < -0.39 is 27.9 Å². The van der Waals surface area contributed by atoms with Crippen LogP contribution in [-0.2, 0) is 14.8 Å². The van der Waals surface area contributed by atoms with Gasteiger partial charge in [0.15, 0.2) is 0 Å². The summed E-state index contributed by atoms with van der Waals surface area (Å²) in [7, 11) is -3.67. The molecule has 0 bridgehead atoms. The Labute approximate surface area is 128 Å². The van der Waals surface area contributed by atoms with Crippen molar-refractivity contribution in [2.75, 3.05) is 19.3 Å². The van der Waals surface area contributed by atoms with Gasteiger partial charge < -0.3 is 5.73 Å². The summed E-state index contributed by atoms with van der Waals surface area (Å²) in [6, 6.07) is 4.31. The van der Waals surface area contributed by atoms with E-state index >= 15 is 0 Å². The Hall–Kier alpha value is -2.42. The zero-order valence-electron chi connectivity index (χ0n) is 11.9. The molecule has 2 rings (SSSR count). The van der Waals surface area contributed by atoms with Crippen LogP contribution in [0.4, 0.5) is 4.79 Å². The van der Waals surface area contributed by atoms with Crippen molar-refractivity contribution in [3.05, 3.63) is 42.4 Å². The van der Waals surface area contributed by atoms with Crippen molar-refractivity contribution in [3.63, 3.8) is 0 Å². The quantitative estimate of drug-likeness (QED) is 0.810. The molecule has 22 heavy (non-hydrogen) atoms. The van der Waals surface area contributed by atoms with Crippen LogP contribution in [0.2, 0.25) is 0 Å². The molecule has 8 nitrogen and oxygen atoms in total. The predicted molar refractivity (Wildman–Crippen MR) is 79.0 cm³/mol. The molecule has 3 amide bonds. The maximum absolute atomic E-state index is 12.2. The van der Waals surface area contributed by atoms with Crippen LogP contribution in [0.3, 0.4) is 0 Å². The monoisotopic (exact) mass is 324 g/mol. The third kappa shape index (κ3) is 3.42. The SMILES string of the molecule is CS(=O)(=O)N1CC=CN(CC(C(N)=O)c2ccccn2)C1=O. The highest BCUT2D eigenvalue weighted by Crippen LogP contribution is 2.18. The molecular formula is C13H16N4O4S. The summed E-state index contributed by atoms with van der Waals surface area (Å²) in [5, 5.41) is 0. The van der Waals surface area contributed by atoms with Gasteiger partial charge in [0, 0.05) is 18.9 Å². The highest BCUT2D eigenvalue weighted by Gasteiger charge is 2.32. The average molecular weight is 324 g/mol. The first-order valence-corrected chi connectivity index (χ1v) is 8.30. The van der Waals surface area contributed by atoms with Gasteiger partial charge in [-0.2, -0.15) is 0 Å². The molecule has 118 valence electrons. The van der Waals surface area contributed by atoms with Gasteiger partial charge in [-0.3, -0.25) is 14.7 Å². The number of pyridine rings is 1. The topological polar surface area (TPSA) is 114 Å². The van der Waals surface area contributed by atoms with Crippen LogP contribution >= 0.6 is 0 Å². The number of carbonyl (C=O) groups is 2. The normalized spacial score (nSPS) is 16.7. The van der Waals surface area contributed by atoms with Crippen LogP contribution in [0.1, 0.15) is 11.6 Å². The molecule has 1 unspecified atom stereocenters. The lowest BCUT2D eigenvalue weighted by molar-refractivity contribution is -0.119. The van der Waals surface area contributed by atoms with E-state index in [2.05, 4.69) is 4.98 Å². The van der Waals surface area contributed by atoms with Crippen molar-refractivity contribution in [1.29, 1.82) is 0 Å². The van der Waals surface area contributed by atoms with Gasteiger partial charge in [0.1, 0.15) is 0 Å². The number of primary amides is 1. The minimum atomic E-state index is -3.67. The molecule has 0 fully saturated rings. The fourth-order valence-corrected chi connectivity index (χ4v) is 2.82. The van der Waals surface area contributed by atoms with Crippen LogP contribution in [-0.4, -0.2) is 53.9 Å². The van der Waals surface area contributed by atoms with E-state index in [1.54, 1.807) is 18.2 Å². The number of carbonyl (C=O) groups excluding carboxylic acids is 2. The van der Waals surface area contributed by atoms with E-state index in [9.17, 15) is 18.0 Å². The Morgan fingerprint density at radius 1 is 1.45 bits per heavy atom. The molecule has 2 heterocycles. The van der Waals surface area contributed by atoms with Crippen LogP contribution < -0.4 is 5.73 Å². The molecule has 1 aromatic heterocycles. The molecule has 0 aromatic carbocycles. The fraction of sp³-hybridized carbons (Fsp3) is 0.308. The summed E-state index contributed by atoms with van der Waals surface area (Å²) in [5.41, 5.74) is 5.80. The highest BCUT2D eigenvalue weighted by molar-refractivity contribution is 7.88. The standard InChI is InChI=1S/C13H16N4O4S/c1-22(20,21)17-8-4-7-16(13(17)19)9-10(12(14)18)11-5-2-3-6-15-11/h2-7,10H,8-9H2,1H3,(H2,14,18). The van der Waals surface area contributed by atoms with E-state index in [1.807, 2.05) is 0 Å². The smallest absolute Gasteiger partial charge is 0.337 e. The zero-order valence-corrected chi connectivity index (χ0v) is 12.7. The second-order valence-corrected chi connectivity index (χ2v) is 6.73. The lowest BCUT2D eigenvalue weighted by atomic mass is 10.0. The molecule has 0 radical (unpaired) electrons. The van der Waals surface area contributed by atoms with Gasteiger partial charge in [0.25, 0.3) is 0 Å². The summed E-state index contributed by atoms with van der Waals surface area (Å²) in [6.45, 7) is -0.104. The second-order valence-electron chi connectivity index (χ2n) is 4.82. The van der Waals surface area contributed by atoms with Crippen LogP contribution in [0.25, 0.3) is 0 Å². The fourth-order valence-electron chi connectivity index (χ4n) is 2.08. The highest BCUT2D eigenvalue weighted by atomic mass is 32.2. The summed E-state index contributed by atoms with van der Waals surface area (Å²) >= 11 is 0. The van der Waals surface area contributed by atoms with Gasteiger partial charge in [-0.15, -0.1) is 0 Å². The molecule has 1 aliphatic rings. The third-order valence-corrected chi connectivity index (χ3v) is 4.29. The molecule has 0 aliphatic carbocycles. The summed E-state index contributed by atoms with van der Waals surface area (Å²) < 4.78 is 23.9. The summed E-state index contributed by atoms with van der Waals surface area (Å²) in [4.78, 5) is 29.1. The Balaban J connectivity index is 2.24. The van der Waals surface area contributed by atoms with E-state index in [-0.39, 0.29) is 13.1 Å². The molecular weight excluding hydrogens is 308 g/mol. The number of nitrogens with zero attached hydrogens (tertiary/aromatic N) is 3. The van der Waals surface area contributed by atoms with Gasteiger partial charge in [-0.1, -0.05) is 6.07 Å². The lowest BCUT2D eigenvalue weighted by Gasteiger charge is -2.31. The maximum Gasteiger partial charge on any atom is 0.337 e. The predicted octanol–water partition coefficient (Wildman–Crippen LogP) is -0.139. The number of urea groups is 1. The molecule has 0 saturated heterocycles. The number of amides is 3. The summed E-state index contributed by atoms with van der Waals surface area (Å²) in [5.74, 6) is -1.47. The third-order valence-electron chi connectivity index (χ3n) is 3.18. The molecule has 1 atom stereocenters. The molecule has 1 aromatic rings. The number of nitrogens with two attached hydrogens (primary N) is 1. The van der Waals surface area contributed by atoms with Crippen molar-refractivity contribution in [2.45, 2.75) is 5.92 Å². The Bertz CT molecular complexity index is 702. The minimum absolute atomic E-state index is 0.0288. The van der Waals surface area contributed by atoms with Crippen molar-refractivity contribution >= 4 is 22.0 Å². The van der Waals surface area contributed by atoms with Crippen molar-refractivity contribution in [2.24, 2.45) is 5.73 Å². The van der Waals surface area contributed by atoms with Gasteiger partial charge in [0.2, 0.25) is 15.9 Å². The van der Waals surface area contributed by atoms with Crippen LogP contribution in [0.5, 0.6) is 0 Å². The Kier molecular flexibility index (Phi) is 4.45. The minimum Gasteiger partial charge on any atom is -0.369 e. The number of hydrogen-bond acceptors (Lipinski definition) is 5. The maximum atomic E-state index is 12.2. The number of sulfonamides is 1. The van der Waals surface area contributed by atoms with E-state index in [1.165, 1.54) is 18.5 Å². The number of rotatable bonds is 5. The number of aromatic nitrogens is 1. The van der Waals surface area contributed by atoms with Gasteiger partial charge in [-0.05, 0) is 18.2 Å². The first-order valence-electron chi connectivity index (χ1n) is 6.46. The van der Waals surface area contributed by atoms with Crippen molar-refractivity contribution in [1.82, 2.24) is 14.2 Å². The first-order chi connectivity index (χ1) is 10.3. The molecule has 9 heteroatoms. The largest absolute Gasteiger partial charge is 0.369 e. The van der Waals surface area contributed by atoms with Crippen LogP contribution in [0.15, 0.2) is 36.7 Å². The van der Waals surface area contributed by atoms with Gasteiger partial charge in [0.05, 0.1) is 24.4 Å². The average Bonchev–Trinajstić information content (AvgIpc) is 2.45.